The number of nitrogens with zero attached hydrogens (tertiary/aromatic N) is 4. The van der Waals surface area contributed by atoms with Crippen LogP contribution in [0.2, 0.25) is 5.15 Å². The molecule has 2 heterocycles. The van der Waals surface area contributed by atoms with Crippen LogP contribution in [0.15, 0.2) is 22.0 Å². The molecule has 0 atom stereocenters. The number of rotatable bonds is 3. The molecule has 0 fully saturated rings. The van der Waals surface area contributed by atoms with E-state index in [1.165, 1.54) is 10.9 Å². The third-order valence-corrected chi connectivity index (χ3v) is 2.37. The van der Waals surface area contributed by atoms with Gasteiger partial charge in [0.05, 0.1) is 19.3 Å². The van der Waals surface area contributed by atoms with Crippen LogP contribution in [0.5, 0.6) is 0 Å². The lowest BCUT2D eigenvalue weighted by Crippen LogP contribution is -2.38. The molecule has 2 aromatic rings. The Hall–Kier alpha value is -1.96. The predicted molar refractivity (Wildman–Crippen MR) is 56.3 cm³/mol. The topological polar surface area (TPSA) is 85.6 Å². The van der Waals surface area contributed by atoms with E-state index in [0.717, 1.165) is 0 Å². The second-order valence-corrected chi connectivity index (χ2v) is 3.56. The molecule has 0 amide bonds. The summed E-state index contributed by atoms with van der Waals surface area (Å²) < 4.78 is 15.3. The first-order valence-corrected chi connectivity index (χ1v) is 4.99. The fraction of sp³-hybridized carbons (Fsp3) is 0.250. The smallest absolute Gasteiger partial charge is 0.295 e. The highest BCUT2D eigenvalue weighted by molar-refractivity contribution is 6.29. The van der Waals surface area contributed by atoms with E-state index >= 15 is 0 Å². The van der Waals surface area contributed by atoms with E-state index in [1.807, 2.05) is 4.98 Å². The van der Waals surface area contributed by atoms with Gasteiger partial charge in [-0.25, -0.2) is 4.79 Å². The monoisotopic (exact) mass is 259 g/mol. The van der Waals surface area contributed by atoms with Crippen molar-refractivity contribution >= 4 is 11.6 Å². The normalized spacial score (nSPS) is 10.7. The number of hydrogen-bond acceptors (Lipinski definition) is 4. The minimum absolute atomic E-state index is 0.0222. The van der Waals surface area contributed by atoms with Gasteiger partial charge in [-0.05, 0) is 0 Å². The van der Waals surface area contributed by atoms with Crippen LogP contribution in [0.25, 0.3) is 0 Å². The lowest BCUT2D eigenvalue weighted by Gasteiger charge is -2.04. The molecule has 90 valence electrons. The van der Waals surface area contributed by atoms with E-state index in [1.54, 1.807) is 6.20 Å². The first-order valence-electron chi connectivity index (χ1n) is 4.62. The molecule has 0 spiro atoms. The summed E-state index contributed by atoms with van der Waals surface area (Å²) in [7, 11) is 0. The Morgan fingerprint density at radius 3 is 2.82 bits per heavy atom. The van der Waals surface area contributed by atoms with E-state index in [0.29, 0.717) is 4.57 Å². The van der Waals surface area contributed by atoms with Crippen LogP contribution in [0.1, 0.15) is 0 Å². The van der Waals surface area contributed by atoms with Gasteiger partial charge in [-0.15, -0.1) is 5.10 Å². The summed E-state index contributed by atoms with van der Waals surface area (Å²) in [6.07, 6.45) is 3.01. The van der Waals surface area contributed by atoms with Gasteiger partial charge in [0, 0.05) is 6.20 Å². The molecular weight excluding hydrogens is 253 g/mol. The molecule has 0 aliphatic carbocycles. The molecule has 0 aromatic carbocycles. The SMILES string of the molecule is O=c1[nH]c(Cl)c(F)c(=O)n1CCn1ccnn1. The van der Waals surface area contributed by atoms with Gasteiger partial charge in [0.2, 0.25) is 5.82 Å². The van der Waals surface area contributed by atoms with Gasteiger partial charge in [0.25, 0.3) is 5.56 Å². The average molecular weight is 260 g/mol. The maximum atomic E-state index is 13.2. The first-order chi connectivity index (χ1) is 8.09. The number of H-pyrrole nitrogens is 1. The van der Waals surface area contributed by atoms with Crippen molar-refractivity contribution < 1.29 is 4.39 Å². The Labute approximate surface area is 98.5 Å². The van der Waals surface area contributed by atoms with E-state index in [-0.39, 0.29) is 13.1 Å². The highest BCUT2D eigenvalue weighted by Crippen LogP contribution is 2.02. The largest absolute Gasteiger partial charge is 0.329 e. The van der Waals surface area contributed by atoms with E-state index < -0.39 is 22.2 Å². The van der Waals surface area contributed by atoms with E-state index in [2.05, 4.69) is 10.3 Å². The zero-order valence-corrected chi connectivity index (χ0v) is 9.19. The van der Waals surface area contributed by atoms with Crippen molar-refractivity contribution in [2.45, 2.75) is 13.1 Å². The molecule has 0 aliphatic rings. The van der Waals surface area contributed by atoms with Crippen LogP contribution >= 0.6 is 11.6 Å². The molecule has 9 heteroatoms. The van der Waals surface area contributed by atoms with Crippen LogP contribution < -0.4 is 11.2 Å². The fourth-order valence-electron chi connectivity index (χ4n) is 1.28. The van der Waals surface area contributed by atoms with Gasteiger partial charge < -0.3 is 0 Å². The third kappa shape index (κ3) is 2.26. The number of halogens is 2. The lowest BCUT2D eigenvalue weighted by molar-refractivity contribution is 0.475. The van der Waals surface area contributed by atoms with Crippen LogP contribution in [-0.4, -0.2) is 24.5 Å². The summed E-state index contributed by atoms with van der Waals surface area (Å²) in [5.74, 6) is -1.18. The van der Waals surface area contributed by atoms with Gasteiger partial charge in [-0.3, -0.25) is 19.0 Å². The van der Waals surface area contributed by atoms with Crippen molar-refractivity contribution in [1.82, 2.24) is 24.5 Å². The summed E-state index contributed by atoms with van der Waals surface area (Å²) in [5, 5.41) is 6.62. The molecule has 17 heavy (non-hydrogen) atoms. The van der Waals surface area contributed by atoms with Gasteiger partial charge in [0.1, 0.15) is 0 Å². The van der Waals surface area contributed by atoms with Gasteiger partial charge in [-0.2, -0.15) is 4.39 Å². The van der Waals surface area contributed by atoms with E-state index in [4.69, 9.17) is 11.6 Å². The van der Waals surface area contributed by atoms with Gasteiger partial charge in [-0.1, -0.05) is 16.8 Å². The molecule has 0 saturated heterocycles. The van der Waals surface area contributed by atoms with Gasteiger partial charge in [0.15, 0.2) is 5.15 Å². The fourth-order valence-corrected chi connectivity index (χ4v) is 1.44. The molecular formula is C8H7ClFN5O2. The molecule has 0 saturated carbocycles. The number of aromatic amines is 1. The molecule has 0 unspecified atom stereocenters. The average Bonchev–Trinajstić information content (AvgIpc) is 2.79. The zero-order valence-electron chi connectivity index (χ0n) is 8.43. The quantitative estimate of drug-likeness (QED) is 0.762. The van der Waals surface area contributed by atoms with Crippen molar-refractivity contribution in [2.24, 2.45) is 0 Å². The number of aromatic nitrogens is 5. The summed E-state index contributed by atoms with van der Waals surface area (Å²) in [4.78, 5) is 24.8. The number of aryl methyl sites for hydroxylation is 1. The molecule has 0 bridgehead atoms. The summed E-state index contributed by atoms with van der Waals surface area (Å²) >= 11 is 5.32. The van der Waals surface area contributed by atoms with Crippen molar-refractivity contribution in [3.05, 3.63) is 44.2 Å². The summed E-state index contributed by atoms with van der Waals surface area (Å²) in [6.45, 7) is 0.204. The Morgan fingerprint density at radius 1 is 1.41 bits per heavy atom. The molecule has 1 N–H and O–H groups in total. The zero-order chi connectivity index (χ0) is 12.4. The van der Waals surface area contributed by atoms with Crippen molar-refractivity contribution in [3.63, 3.8) is 0 Å². The van der Waals surface area contributed by atoms with Crippen LogP contribution in [0.3, 0.4) is 0 Å². The first kappa shape index (κ1) is 11.5. The molecule has 0 aliphatic heterocycles. The second kappa shape index (κ2) is 4.50. The standard InChI is InChI=1S/C8H7ClFN5O2/c9-6-5(10)7(16)15(8(17)12-6)4-3-14-2-1-11-13-14/h1-2H,3-4H2,(H,12,17). The van der Waals surface area contributed by atoms with Crippen LogP contribution in [0, 0.1) is 5.82 Å². The highest BCUT2D eigenvalue weighted by Gasteiger charge is 2.11. The van der Waals surface area contributed by atoms with Crippen LogP contribution in [-0.2, 0) is 13.1 Å². The Kier molecular flexibility index (Phi) is 3.05. The van der Waals surface area contributed by atoms with Crippen molar-refractivity contribution in [3.8, 4) is 0 Å². The maximum absolute atomic E-state index is 13.2. The minimum Gasteiger partial charge on any atom is -0.295 e. The highest BCUT2D eigenvalue weighted by atomic mass is 35.5. The molecule has 2 rings (SSSR count). The molecule has 0 radical (unpaired) electrons. The molecule has 7 nitrogen and oxygen atoms in total. The maximum Gasteiger partial charge on any atom is 0.329 e. The molecule has 2 aromatic heterocycles. The van der Waals surface area contributed by atoms with Crippen molar-refractivity contribution in [2.75, 3.05) is 0 Å². The Morgan fingerprint density at radius 2 is 2.18 bits per heavy atom. The second-order valence-electron chi connectivity index (χ2n) is 3.18. The minimum atomic E-state index is -1.18. The third-order valence-electron chi connectivity index (χ3n) is 2.11. The van der Waals surface area contributed by atoms with Crippen molar-refractivity contribution in [1.29, 1.82) is 0 Å². The lowest BCUT2D eigenvalue weighted by atomic mass is 10.5. The summed E-state index contributed by atoms with van der Waals surface area (Å²) in [5.41, 5.74) is -1.82. The number of nitrogens with one attached hydrogen (secondary N) is 1. The summed E-state index contributed by atoms with van der Waals surface area (Å²) in [6, 6.07) is 0. The van der Waals surface area contributed by atoms with E-state index in [9.17, 15) is 14.0 Å². The van der Waals surface area contributed by atoms with Gasteiger partial charge >= 0.3 is 5.69 Å². The number of hydrogen-bond donors (Lipinski definition) is 1. The van der Waals surface area contributed by atoms with Crippen LogP contribution in [0.4, 0.5) is 4.39 Å². The Bertz CT molecular complexity index is 632. The Balaban J connectivity index is 2.31. The predicted octanol–water partition coefficient (Wildman–Crippen LogP) is -0.379.